The molecule has 8 heteroatoms. The zero-order valence-electron chi connectivity index (χ0n) is 22.2. The molecule has 2 fully saturated rings. The summed E-state index contributed by atoms with van der Waals surface area (Å²) in [5.74, 6) is 0.000295. The molecule has 0 bridgehead atoms. The average Bonchev–Trinajstić information content (AvgIpc) is 3.36. The highest BCUT2D eigenvalue weighted by molar-refractivity contribution is 5.98. The number of morpholine rings is 1. The number of nitrogens with zero attached hydrogens (tertiary/aromatic N) is 5. The SMILES string of the molecule is COCc1ccc(-n2ncc(C(=O)Cc3ccc(C4(C#N)CCC(N5CCOCC5)CC4)nc3)c2C)cc1. The number of nitriles is 1. The fourth-order valence-corrected chi connectivity index (χ4v) is 5.76. The number of ether oxygens (including phenoxy) is 2. The first-order chi connectivity index (χ1) is 18.5. The molecule has 0 atom stereocenters. The van der Waals surface area contributed by atoms with Gasteiger partial charge in [0.1, 0.15) is 0 Å². The lowest BCUT2D eigenvalue weighted by molar-refractivity contribution is 0.00493. The van der Waals surface area contributed by atoms with Gasteiger partial charge in [0, 0.05) is 38.9 Å². The zero-order valence-corrected chi connectivity index (χ0v) is 22.2. The summed E-state index contributed by atoms with van der Waals surface area (Å²) in [4.78, 5) is 20.3. The molecule has 0 spiro atoms. The molecule has 1 saturated carbocycles. The minimum absolute atomic E-state index is 0.000295. The van der Waals surface area contributed by atoms with Crippen LogP contribution >= 0.6 is 0 Å². The first-order valence-corrected chi connectivity index (χ1v) is 13.4. The lowest BCUT2D eigenvalue weighted by Crippen LogP contribution is -2.47. The van der Waals surface area contributed by atoms with Gasteiger partial charge in [-0.3, -0.25) is 14.7 Å². The Labute approximate surface area is 224 Å². The van der Waals surface area contributed by atoms with E-state index in [4.69, 9.17) is 9.47 Å². The molecular formula is C30H35N5O3. The number of carbonyl (C=O) groups is 1. The van der Waals surface area contributed by atoms with Gasteiger partial charge in [0.2, 0.25) is 0 Å². The van der Waals surface area contributed by atoms with Crippen molar-refractivity contribution in [1.29, 1.82) is 5.26 Å². The molecule has 1 aliphatic heterocycles. The largest absolute Gasteiger partial charge is 0.380 e. The van der Waals surface area contributed by atoms with Crippen LogP contribution in [0.5, 0.6) is 0 Å². The highest BCUT2D eigenvalue weighted by Gasteiger charge is 2.40. The molecule has 1 aromatic carbocycles. The second-order valence-corrected chi connectivity index (χ2v) is 10.4. The van der Waals surface area contributed by atoms with Crippen molar-refractivity contribution >= 4 is 5.78 Å². The maximum atomic E-state index is 13.1. The Bertz CT molecular complexity index is 1280. The Morgan fingerprint density at radius 3 is 2.45 bits per heavy atom. The highest BCUT2D eigenvalue weighted by atomic mass is 16.5. The van der Waals surface area contributed by atoms with Gasteiger partial charge in [0.05, 0.1) is 60.1 Å². The van der Waals surface area contributed by atoms with Crippen LogP contribution < -0.4 is 0 Å². The molecule has 3 aromatic rings. The van der Waals surface area contributed by atoms with Crippen LogP contribution in [0.3, 0.4) is 0 Å². The summed E-state index contributed by atoms with van der Waals surface area (Å²) < 4.78 is 12.5. The van der Waals surface area contributed by atoms with Crippen molar-refractivity contribution in [1.82, 2.24) is 19.7 Å². The van der Waals surface area contributed by atoms with Gasteiger partial charge in [-0.1, -0.05) is 18.2 Å². The van der Waals surface area contributed by atoms with Crippen molar-refractivity contribution in [3.63, 3.8) is 0 Å². The predicted molar refractivity (Wildman–Crippen MR) is 143 cm³/mol. The molecular weight excluding hydrogens is 478 g/mol. The Morgan fingerprint density at radius 1 is 1.11 bits per heavy atom. The molecule has 1 aliphatic carbocycles. The van der Waals surface area contributed by atoms with Gasteiger partial charge < -0.3 is 9.47 Å². The van der Waals surface area contributed by atoms with E-state index in [0.717, 1.165) is 80.2 Å². The zero-order chi connectivity index (χ0) is 26.5. The second-order valence-electron chi connectivity index (χ2n) is 10.4. The third kappa shape index (κ3) is 5.41. The standard InChI is InChI=1S/C30H35N5O3/c1-22-27(19-33-35(22)26-6-3-23(4-7-26)20-37-2)28(36)17-24-5-8-29(32-18-24)30(21-31)11-9-25(10-12-30)34-13-15-38-16-14-34/h3-8,18-19,25H,9-17,20H2,1-2H3. The lowest BCUT2D eigenvalue weighted by Gasteiger charge is -2.41. The Hall–Kier alpha value is -3.38. The summed E-state index contributed by atoms with van der Waals surface area (Å²) in [5, 5.41) is 14.6. The third-order valence-electron chi connectivity index (χ3n) is 8.07. The number of hydrogen-bond acceptors (Lipinski definition) is 7. The van der Waals surface area contributed by atoms with Crippen molar-refractivity contribution in [2.24, 2.45) is 0 Å². The van der Waals surface area contributed by atoms with Crippen molar-refractivity contribution in [2.75, 3.05) is 33.4 Å². The molecule has 1 saturated heterocycles. The first-order valence-electron chi connectivity index (χ1n) is 13.4. The summed E-state index contributed by atoms with van der Waals surface area (Å²) in [5.41, 5.74) is 4.49. The van der Waals surface area contributed by atoms with Crippen LogP contribution in [-0.4, -0.2) is 64.9 Å². The lowest BCUT2D eigenvalue weighted by atomic mass is 9.71. The molecule has 0 radical (unpaired) electrons. The number of methoxy groups -OCH3 is 1. The van der Waals surface area contributed by atoms with Crippen LogP contribution in [0.2, 0.25) is 0 Å². The highest BCUT2D eigenvalue weighted by Crippen LogP contribution is 2.39. The summed E-state index contributed by atoms with van der Waals surface area (Å²) in [6.07, 6.45) is 7.24. The van der Waals surface area contributed by atoms with Gasteiger partial charge >= 0.3 is 0 Å². The second kappa shape index (κ2) is 11.6. The number of carbonyl (C=O) groups excluding carboxylic acids is 1. The molecule has 0 unspecified atom stereocenters. The number of Topliss-reactive ketones (excluding diaryl/α,β-unsaturated/α-hetero) is 1. The van der Waals surface area contributed by atoms with Gasteiger partial charge in [-0.05, 0) is 61.9 Å². The monoisotopic (exact) mass is 513 g/mol. The third-order valence-corrected chi connectivity index (χ3v) is 8.07. The fourth-order valence-electron chi connectivity index (χ4n) is 5.76. The molecule has 2 aliphatic rings. The van der Waals surface area contributed by atoms with Crippen molar-refractivity contribution in [2.45, 2.75) is 57.1 Å². The Kier molecular flexibility index (Phi) is 7.98. The minimum Gasteiger partial charge on any atom is -0.380 e. The topological polar surface area (TPSA) is 93.3 Å². The molecule has 0 amide bonds. The minimum atomic E-state index is -0.554. The molecule has 0 N–H and O–H groups in total. The van der Waals surface area contributed by atoms with E-state index < -0.39 is 5.41 Å². The van der Waals surface area contributed by atoms with Gasteiger partial charge in [0.15, 0.2) is 5.78 Å². The molecule has 2 aromatic heterocycles. The predicted octanol–water partition coefficient (Wildman–Crippen LogP) is 4.18. The fraction of sp³-hybridized carbons (Fsp3) is 0.467. The Balaban J connectivity index is 1.23. The maximum Gasteiger partial charge on any atom is 0.170 e. The quantitative estimate of drug-likeness (QED) is 0.417. The molecule has 5 rings (SSSR count). The summed E-state index contributed by atoms with van der Waals surface area (Å²) in [6, 6.07) is 14.9. The summed E-state index contributed by atoms with van der Waals surface area (Å²) in [7, 11) is 1.67. The van der Waals surface area contributed by atoms with Crippen LogP contribution in [0.15, 0.2) is 48.8 Å². The van der Waals surface area contributed by atoms with Crippen LogP contribution in [0.1, 0.15) is 58.6 Å². The maximum absolute atomic E-state index is 13.1. The average molecular weight is 514 g/mol. The van der Waals surface area contributed by atoms with Crippen LogP contribution in [-0.2, 0) is 27.9 Å². The van der Waals surface area contributed by atoms with Gasteiger partial charge in [-0.25, -0.2) is 4.68 Å². The van der Waals surface area contributed by atoms with E-state index in [2.05, 4.69) is 21.1 Å². The van der Waals surface area contributed by atoms with Crippen LogP contribution in [0.4, 0.5) is 0 Å². The van der Waals surface area contributed by atoms with Crippen molar-refractivity contribution in [3.05, 3.63) is 76.9 Å². The molecule has 198 valence electrons. The normalized spacial score (nSPS) is 22.2. The van der Waals surface area contributed by atoms with Gasteiger partial charge in [0.25, 0.3) is 0 Å². The van der Waals surface area contributed by atoms with Crippen molar-refractivity contribution in [3.8, 4) is 11.8 Å². The van der Waals surface area contributed by atoms with E-state index in [1.807, 2.05) is 43.3 Å². The van der Waals surface area contributed by atoms with E-state index in [0.29, 0.717) is 18.2 Å². The van der Waals surface area contributed by atoms with Crippen LogP contribution in [0, 0.1) is 18.3 Å². The summed E-state index contributed by atoms with van der Waals surface area (Å²) in [6.45, 7) is 6.01. The van der Waals surface area contributed by atoms with E-state index in [1.165, 1.54) is 0 Å². The van der Waals surface area contributed by atoms with E-state index in [-0.39, 0.29) is 12.2 Å². The molecule has 3 heterocycles. The van der Waals surface area contributed by atoms with E-state index >= 15 is 0 Å². The van der Waals surface area contributed by atoms with E-state index in [1.54, 1.807) is 24.2 Å². The first kappa shape index (κ1) is 26.2. The molecule has 38 heavy (non-hydrogen) atoms. The Morgan fingerprint density at radius 2 is 1.82 bits per heavy atom. The molecule has 8 nitrogen and oxygen atoms in total. The van der Waals surface area contributed by atoms with Crippen LogP contribution in [0.25, 0.3) is 5.69 Å². The number of rotatable bonds is 8. The number of ketones is 1. The van der Waals surface area contributed by atoms with Crippen molar-refractivity contribution < 1.29 is 14.3 Å². The number of benzene rings is 1. The number of aromatic nitrogens is 3. The van der Waals surface area contributed by atoms with Gasteiger partial charge in [-0.15, -0.1) is 0 Å². The van der Waals surface area contributed by atoms with E-state index in [9.17, 15) is 10.1 Å². The summed E-state index contributed by atoms with van der Waals surface area (Å²) >= 11 is 0. The van der Waals surface area contributed by atoms with Gasteiger partial charge in [-0.2, -0.15) is 10.4 Å². The number of pyridine rings is 1. The number of hydrogen-bond donors (Lipinski definition) is 0. The smallest absolute Gasteiger partial charge is 0.170 e.